The van der Waals surface area contributed by atoms with E-state index in [9.17, 15) is 4.79 Å². The molecule has 9 heteroatoms. The van der Waals surface area contributed by atoms with Gasteiger partial charge in [0.15, 0.2) is 17.2 Å². The van der Waals surface area contributed by atoms with Gasteiger partial charge in [-0.15, -0.1) is 15.3 Å². The maximum atomic E-state index is 12.7. The molecule has 0 atom stereocenters. The van der Waals surface area contributed by atoms with Crippen molar-refractivity contribution in [2.45, 2.75) is 38.1 Å². The third-order valence-electron chi connectivity index (χ3n) is 6.13. The highest BCUT2D eigenvalue weighted by molar-refractivity contribution is 5.92. The van der Waals surface area contributed by atoms with Crippen LogP contribution in [0.3, 0.4) is 0 Å². The van der Waals surface area contributed by atoms with Gasteiger partial charge in [0, 0.05) is 38.8 Å². The van der Waals surface area contributed by atoms with Crippen LogP contribution in [0.25, 0.3) is 5.65 Å². The van der Waals surface area contributed by atoms with Crippen LogP contribution in [0.5, 0.6) is 0 Å². The number of aromatic nitrogens is 6. The smallest absolute Gasteiger partial charge is 0.274 e. The highest BCUT2D eigenvalue weighted by Gasteiger charge is 2.35. The molecule has 5 rings (SSSR count). The van der Waals surface area contributed by atoms with Gasteiger partial charge in [0.25, 0.3) is 5.91 Å². The molecule has 4 heterocycles. The van der Waals surface area contributed by atoms with Crippen molar-refractivity contribution in [3.05, 3.63) is 35.4 Å². The molecule has 0 unspecified atom stereocenters. The van der Waals surface area contributed by atoms with Crippen LogP contribution in [-0.4, -0.2) is 66.6 Å². The van der Waals surface area contributed by atoms with Gasteiger partial charge in [0.05, 0.1) is 6.04 Å². The summed E-state index contributed by atoms with van der Waals surface area (Å²) in [7, 11) is 3.70. The van der Waals surface area contributed by atoms with E-state index < -0.39 is 0 Å². The summed E-state index contributed by atoms with van der Waals surface area (Å²) in [5, 5.41) is 17.7. The van der Waals surface area contributed by atoms with Crippen molar-refractivity contribution in [2.24, 2.45) is 7.05 Å². The van der Waals surface area contributed by atoms with Crippen molar-refractivity contribution >= 4 is 17.4 Å². The summed E-state index contributed by atoms with van der Waals surface area (Å²) < 4.78 is 3.62. The number of hydrogen-bond donors (Lipinski definition) is 0. The molecule has 1 amide bonds. The summed E-state index contributed by atoms with van der Waals surface area (Å²) in [5.74, 6) is 2.31. The maximum absolute atomic E-state index is 12.7. The van der Waals surface area contributed by atoms with Crippen LogP contribution < -0.4 is 4.90 Å². The van der Waals surface area contributed by atoms with Gasteiger partial charge < -0.3 is 9.80 Å². The minimum absolute atomic E-state index is 0.0390. The quantitative estimate of drug-likeness (QED) is 0.680. The molecule has 28 heavy (non-hydrogen) atoms. The van der Waals surface area contributed by atoms with Crippen molar-refractivity contribution in [3.8, 4) is 0 Å². The second kappa shape index (κ2) is 6.29. The predicted octanol–water partition coefficient (Wildman–Crippen LogP) is 1.39. The minimum atomic E-state index is -0.0390. The zero-order valence-electron chi connectivity index (χ0n) is 16.4. The van der Waals surface area contributed by atoms with E-state index in [4.69, 9.17) is 5.10 Å². The largest absolute Gasteiger partial charge is 0.351 e. The molecule has 0 spiro atoms. The minimum Gasteiger partial charge on any atom is -0.351 e. The Morgan fingerprint density at radius 2 is 1.96 bits per heavy atom. The van der Waals surface area contributed by atoms with Crippen molar-refractivity contribution in [2.75, 3.05) is 25.0 Å². The van der Waals surface area contributed by atoms with Gasteiger partial charge in [0.2, 0.25) is 0 Å². The lowest BCUT2D eigenvalue weighted by molar-refractivity contribution is 0.0698. The van der Waals surface area contributed by atoms with Gasteiger partial charge in [0.1, 0.15) is 5.82 Å². The number of likely N-dealkylation sites (N-methyl/N-ethyl adjacent to an activating group) is 1. The van der Waals surface area contributed by atoms with E-state index in [2.05, 4.69) is 20.2 Å². The summed E-state index contributed by atoms with van der Waals surface area (Å²) in [4.78, 5) is 16.7. The molecular weight excluding hydrogens is 356 g/mol. The van der Waals surface area contributed by atoms with Gasteiger partial charge in [-0.1, -0.05) is 6.42 Å². The molecule has 3 aromatic heterocycles. The van der Waals surface area contributed by atoms with Gasteiger partial charge in [-0.05, 0) is 38.0 Å². The fourth-order valence-electron chi connectivity index (χ4n) is 3.78. The molecule has 2 fully saturated rings. The van der Waals surface area contributed by atoms with Gasteiger partial charge in [-0.25, -0.2) is 0 Å². The van der Waals surface area contributed by atoms with E-state index in [-0.39, 0.29) is 11.9 Å². The number of amides is 1. The number of carbonyl (C=O) groups is 1. The highest BCUT2D eigenvalue weighted by Crippen LogP contribution is 2.35. The molecule has 0 bridgehead atoms. The van der Waals surface area contributed by atoms with Crippen LogP contribution in [0.15, 0.2) is 18.2 Å². The Balaban J connectivity index is 1.29. The molecule has 9 nitrogen and oxygen atoms in total. The Morgan fingerprint density at radius 3 is 2.61 bits per heavy atom. The van der Waals surface area contributed by atoms with E-state index in [1.54, 1.807) is 9.58 Å². The third kappa shape index (κ3) is 2.64. The van der Waals surface area contributed by atoms with Crippen molar-refractivity contribution in [3.63, 3.8) is 0 Å². The lowest BCUT2D eigenvalue weighted by Gasteiger charge is -2.44. The van der Waals surface area contributed by atoms with E-state index in [1.807, 2.05) is 43.7 Å². The Labute approximate surface area is 162 Å². The molecule has 3 aromatic rings. The monoisotopic (exact) mass is 380 g/mol. The maximum Gasteiger partial charge on any atom is 0.274 e. The van der Waals surface area contributed by atoms with Crippen LogP contribution in [0, 0.1) is 6.92 Å². The number of aryl methyl sites for hydroxylation is 2. The summed E-state index contributed by atoms with van der Waals surface area (Å²) in [6.07, 6.45) is 3.58. The molecule has 1 saturated carbocycles. The van der Waals surface area contributed by atoms with Crippen molar-refractivity contribution in [1.29, 1.82) is 0 Å². The molecule has 146 valence electrons. The van der Waals surface area contributed by atoms with Gasteiger partial charge in [-0.2, -0.15) is 9.61 Å². The number of hydrogen-bond acceptors (Lipinski definition) is 6. The molecule has 0 radical (unpaired) electrons. The standard InChI is InChI=1S/C19H24N8O/c1-12-9-15(22-25(12)3)19(28)24(2)14-10-26(11-14)17-8-7-16-20-21-18(27(16)23-17)13-5-4-6-13/h7-9,13-14H,4-6,10-11H2,1-3H3. The predicted molar refractivity (Wildman–Crippen MR) is 103 cm³/mol. The van der Waals surface area contributed by atoms with Gasteiger partial charge in [-0.3, -0.25) is 9.48 Å². The van der Waals surface area contributed by atoms with E-state index >= 15 is 0 Å². The first-order valence-corrected chi connectivity index (χ1v) is 9.76. The Morgan fingerprint density at radius 1 is 1.18 bits per heavy atom. The lowest BCUT2D eigenvalue weighted by Crippen LogP contribution is -2.60. The third-order valence-corrected chi connectivity index (χ3v) is 6.13. The molecule has 0 aromatic carbocycles. The number of anilines is 1. The molecule has 1 aliphatic carbocycles. The zero-order chi connectivity index (χ0) is 19.4. The van der Waals surface area contributed by atoms with Crippen LogP contribution >= 0.6 is 0 Å². The van der Waals surface area contributed by atoms with Crippen LogP contribution in [-0.2, 0) is 7.05 Å². The van der Waals surface area contributed by atoms with Crippen LogP contribution in [0.1, 0.15) is 47.2 Å². The molecule has 1 saturated heterocycles. The second-order valence-corrected chi connectivity index (χ2v) is 7.92. The number of fused-ring (bicyclic) bond motifs is 1. The Hall–Kier alpha value is -2.97. The SMILES string of the molecule is Cc1cc(C(=O)N(C)C2CN(c3ccc4nnc(C5CCC5)n4n3)C2)nn1C. The van der Waals surface area contributed by atoms with Crippen molar-refractivity contribution < 1.29 is 4.79 Å². The molecule has 1 aliphatic heterocycles. The lowest BCUT2D eigenvalue weighted by atomic mass is 9.85. The topological polar surface area (TPSA) is 84.5 Å². The summed E-state index contributed by atoms with van der Waals surface area (Å²) >= 11 is 0. The fourth-order valence-corrected chi connectivity index (χ4v) is 3.78. The zero-order valence-corrected chi connectivity index (χ0v) is 16.4. The first-order valence-electron chi connectivity index (χ1n) is 9.76. The average molecular weight is 380 g/mol. The summed E-state index contributed by atoms with van der Waals surface area (Å²) in [6, 6.07) is 5.93. The first kappa shape index (κ1) is 17.2. The highest BCUT2D eigenvalue weighted by atomic mass is 16.2. The summed E-state index contributed by atoms with van der Waals surface area (Å²) in [5.41, 5.74) is 2.26. The number of carbonyl (C=O) groups excluding carboxylic acids is 1. The molecule has 0 N–H and O–H groups in total. The Kier molecular flexibility index (Phi) is 3.85. The number of nitrogens with zero attached hydrogens (tertiary/aromatic N) is 8. The van der Waals surface area contributed by atoms with Crippen LogP contribution in [0.2, 0.25) is 0 Å². The second-order valence-electron chi connectivity index (χ2n) is 7.92. The molecular formula is C19H24N8O. The molecule has 2 aliphatic rings. The van der Waals surface area contributed by atoms with E-state index in [1.165, 1.54) is 19.3 Å². The van der Waals surface area contributed by atoms with E-state index in [0.29, 0.717) is 11.6 Å². The fraction of sp³-hybridized carbons (Fsp3) is 0.526. The normalized spacial score (nSPS) is 17.6. The average Bonchev–Trinajstić information content (AvgIpc) is 3.15. The first-order chi connectivity index (χ1) is 13.5. The van der Waals surface area contributed by atoms with Crippen LogP contribution in [0.4, 0.5) is 5.82 Å². The van der Waals surface area contributed by atoms with Gasteiger partial charge >= 0.3 is 0 Å². The Bertz CT molecular complexity index is 1020. The summed E-state index contributed by atoms with van der Waals surface area (Å²) in [6.45, 7) is 3.46. The van der Waals surface area contributed by atoms with Crippen molar-refractivity contribution in [1.82, 2.24) is 34.5 Å². The number of rotatable bonds is 4. The van der Waals surface area contributed by atoms with E-state index in [0.717, 1.165) is 36.1 Å².